The summed E-state index contributed by atoms with van der Waals surface area (Å²) in [7, 11) is 0. The van der Waals surface area contributed by atoms with Crippen LogP contribution in [0, 0.1) is 0 Å². The van der Waals surface area contributed by atoms with Crippen LogP contribution in [0.2, 0.25) is 0 Å². The molecule has 9 nitrogen and oxygen atoms in total. The maximum absolute atomic E-state index is 12.8. The van der Waals surface area contributed by atoms with E-state index in [4.69, 9.17) is 9.84 Å². The zero-order valence-corrected chi connectivity index (χ0v) is 15.7. The van der Waals surface area contributed by atoms with Crippen LogP contribution in [0.1, 0.15) is 22.8 Å². The number of carbonyl (C=O) groups excluding carboxylic acids is 3. The van der Waals surface area contributed by atoms with Crippen LogP contribution in [0.15, 0.2) is 24.3 Å². The number of nitrogens with zero attached hydrogens (tertiary/aromatic N) is 2. The fourth-order valence-corrected chi connectivity index (χ4v) is 3.27. The first-order chi connectivity index (χ1) is 14.0. The minimum absolute atomic E-state index is 0.0298. The average Bonchev–Trinajstić information content (AvgIpc) is 3.02. The number of fused-ring (bicyclic) bond motifs is 2. The second-order valence-electron chi connectivity index (χ2n) is 6.94. The number of aliphatic carboxylic acids is 1. The highest BCUT2D eigenvalue weighted by atomic mass is 19.4. The van der Waals surface area contributed by atoms with Gasteiger partial charge in [-0.15, -0.1) is 0 Å². The summed E-state index contributed by atoms with van der Waals surface area (Å²) in [6.45, 7) is 0.626. The molecule has 0 saturated carbocycles. The van der Waals surface area contributed by atoms with Gasteiger partial charge in [0, 0.05) is 5.56 Å². The summed E-state index contributed by atoms with van der Waals surface area (Å²) in [5, 5.41) is 11.1. The van der Waals surface area contributed by atoms with Crippen molar-refractivity contribution in [3.63, 3.8) is 0 Å². The van der Waals surface area contributed by atoms with E-state index in [0.29, 0.717) is 0 Å². The van der Waals surface area contributed by atoms with Crippen molar-refractivity contribution in [2.24, 2.45) is 0 Å². The van der Waals surface area contributed by atoms with Gasteiger partial charge in [0.15, 0.2) is 6.23 Å². The van der Waals surface area contributed by atoms with Gasteiger partial charge in [0.1, 0.15) is 12.1 Å². The van der Waals surface area contributed by atoms with E-state index < -0.39 is 60.3 Å². The molecule has 1 aromatic rings. The van der Waals surface area contributed by atoms with Gasteiger partial charge in [-0.25, -0.2) is 0 Å². The van der Waals surface area contributed by atoms with Gasteiger partial charge < -0.3 is 20.1 Å². The molecule has 0 spiro atoms. The second kappa shape index (κ2) is 7.94. The predicted molar refractivity (Wildman–Crippen MR) is 93.0 cm³/mol. The molecule has 3 atom stereocenters. The minimum Gasteiger partial charge on any atom is -0.480 e. The smallest absolute Gasteiger partial charge is 0.416 e. The lowest BCUT2D eigenvalue weighted by atomic mass is 10.1. The number of halogens is 3. The highest BCUT2D eigenvalue weighted by molar-refractivity contribution is 5.99. The van der Waals surface area contributed by atoms with Crippen LogP contribution in [0.25, 0.3) is 0 Å². The Bertz CT molecular complexity index is 873. The third kappa shape index (κ3) is 4.22. The second-order valence-corrected chi connectivity index (χ2v) is 6.94. The van der Waals surface area contributed by atoms with Crippen molar-refractivity contribution >= 4 is 23.7 Å². The zero-order chi connectivity index (χ0) is 22.2. The number of amides is 3. The van der Waals surface area contributed by atoms with Gasteiger partial charge in [0.25, 0.3) is 5.91 Å². The Kier molecular flexibility index (Phi) is 5.70. The first-order valence-electron chi connectivity index (χ1n) is 8.91. The van der Waals surface area contributed by atoms with Gasteiger partial charge in [0.05, 0.1) is 25.3 Å². The van der Waals surface area contributed by atoms with Crippen LogP contribution in [0.4, 0.5) is 13.2 Å². The number of rotatable bonds is 5. The molecule has 2 N–H and O–H groups in total. The molecule has 3 rings (SSSR count). The number of alkyl halides is 3. The first kappa shape index (κ1) is 21.6. The van der Waals surface area contributed by atoms with E-state index in [1.165, 1.54) is 6.92 Å². The molecule has 2 bridgehead atoms. The van der Waals surface area contributed by atoms with Crippen molar-refractivity contribution < 1.29 is 42.2 Å². The molecule has 3 amide bonds. The Balaban J connectivity index is 1.69. The van der Waals surface area contributed by atoms with Crippen molar-refractivity contribution in [1.29, 1.82) is 0 Å². The minimum atomic E-state index is -4.54. The molecular weight excluding hydrogens is 411 g/mol. The quantitative estimate of drug-likeness (QED) is 0.696. The normalized spacial score (nSPS) is 22.1. The summed E-state index contributed by atoms with van der Waals surface area (Å²) in [5.74, 6) is -3.14. The van der Waals surface area contributed by atoms with E-state index in [2.05, 4.69) is 5.32 Å². The molecule has 0 aromatic heterocycles. The number of nitrogens with one attached hydrogen (secondary N) is 1. The molecule has 2 aliphatic rings. The van der Waals surface area contributed by atoms with Crippen LogP contribution in [-0.2, 0) is 25.3 Å². The maximum Gasteiger partial charge on any atom is 0.416 e. The van der Waals surface area contributed by atoms with E-state index in [9.17, 15) is 32.3 Å². The summed E-state index contributed by atoms with van der Waals surface area (Å²) in [6.07, 6.45) is -5.41. The summed E-state index contributed by atoms with van der Waals surface area (Å²) in [4.78, 5) is 50.5. The molecule has 2 aliphatic heterocycles. The number of ether oxygens (including phenoxy) is 1. The summed E-state index contributed by atoms with van der Waals surface area (Å²) in [5.41, 5.74) is -0.932. The molecule has 0 radical (unpaired) electrons. The highest BCUT2D eigenvalue weighted by Crippen LogP contribution is 2.31. The number of carbonyl (C=O) groups is 4. The first-order valence-corrected chi connectivity index (χ1v) is 8.91. The molecule has 0 aliphatic carbocycles. The van der Waals surface area contributed by atoms with Gasteiger partial charge in [-0.1, -0.05) is 0 Å². The van der Waals surface area contributed by atoms with Gasteiger partial charge in [-0.05, 0) is 31.2 Å². The Hall–Kier alpha value is -3.15. The summed E-state index contributed by atoms with van der Waals surface area (Å²) < 4.78 is 43.5. The Morgan fingerprint density at radius 2 is 1.90 bits per heavy atom. The van der Waals surface area contributed by atoms with Crippen molar-refractivity contribution in [2.75, 3.05) is 19.7 Å². The third-order valence-corrected chi connectivity index (χ3v) is 4.84. The van der Waals surface area contributed by atoms with E-state index >= 15 is 0 Å². The zero-order valence-electron chi connectivity index (χ0n) is 15.7. The third-order valence-electron chi connectivity index (χ3n) is 4.84. The molecule has 162 valence electrons. The standard InChI is InChI=1S/C18H18F3N3O6/c1-9(17(28)29)22-13(25)6-23-7-14-24(12(8-30-14)16(23)27)15(26)10-2-4-11(5-3-10)18(19,20)21/h2-5,9,12,14H,6-8H2,1H3,(H,22,25)(H,28,29)/t9-,12-,14-/m0/s1. The van der Waals surface area contributed by atoms with E-state index in [1.807, 2.05) is 0 Å². The van der Waals surface area contributed by atoms with Gasteiger partial charge in [-0.3, -0.25) is 24.1 Å². The van der Waals surface area contributed by atoms with Crippen molar-refractivity contribution in [3.8, 4) is 0 Å². The molecule has 30 heavy (non-hydrogen) atoms. The monoisotopic (exact) mass is 429 g/mol. The van der Waals surface area contributed by atoms with E-state index in [0.717, 1.165) is 34.1 Å². The lowest BCUT2D eigenvalue weighted by molar-refractivity contribution is -0.146. The molecule has 0 unspecified atom stereocenters. The SMILES string of the molecule is C[C@H](NC(=O)CN1C[C@@H]2OC[C@@H](C1=O)N2C(=O)c1ccc(C(F)(F)F)cc1)C(=O)O. The summed E-state index contributed by atoms with van der Waals surface area (Å²) >= 11 is 0. The van der Waals surface area contributed by atoms with E-state index in [1.54, 1.807) is 0 Å². The van der Waals surface area contributed by atoms with Crippen LogP contribution < -0.4 is 5.32 Å². The van der Waals surface area contributed by atoms with Crippen molar-refractivity contribution in [2.45, 2.75) is 31.4 Å². The molecule has 2 saturated heterocycles. The van der Waals surface area contributed by atoms with Crippen LogP contribution in [0.5, 0.6) is 0 Å². The fraction of sp³-hybridized carbons (Fsp3) is 0.444. The Morgan fingerprint density at radius 3 is 2.47 bits per heavy atom. The van der Waals surface area contributed by atoms with Gasteiger partial charge in [0.2, 0.25) is 11.8 Å². The van der Waals surface area contributed by atoms with Crippen LogP contribution >= 0.6 is 0 Å². The van der Waals surface area contributed by atoms with Crippen LogP contribution in [-0.4, -0.2) is 76.6 Å². The Morgan fingerprint density at radius 1 is 1.27 bits per heavy atom. The number of benzene rings is 1. The van der Waals surface area contributed by atoms with Crippen molar-refractivity contribution in [3.05, 3.63) is 35.4 Å². The number of hydrogen-bond donors (Lipinski definition) is 2. The molecular formula is C18H18F3N3O6. The van der Waals surface area contributed by atoms with Gasteiger partial charge >= 0.3 is 12.1 Å². The molecule has 2 heterocycles. The number of carboxylic acids is 1. The number of piperazine rings is 1. The number of hydrogen-bond acceptors (Lipinski definition) is 5. The highest BCUT2D eigenvalue weighted by Gasteiger charge is 2.49. The molecule has 12 heteroatoms. The summed E-state index contributed by atoms with van der Waals surface area (Å²) in [6, 6.07) is 1.46. The van der Waals surface area contributed by atoms with E-state index in [-0.39, 0.29) is 18.7 Å². The predicted octanol–water partition coefficient (Wildman–Crippen LogP) is 0.304. The molecule has 2 fully saturated rings. The lowest BCUT2D eigenvalue weighted by Crippen LogP contribution is -2.61. The topological polar surface area (TPSA) is 116 Å². The average molecular weight is 429 g/mol. The molecule has 1 aromatic carbocycles. The number of carboxylic acid groups (broad SMARTS) is 1. The Labute approximate surface area is 168 Å². The largest absolute Gasteiger partial charge is 0.480 e. The van der Waals surface area contributed by atoms with Crippen molar-refractivity contribution in [1.82, 2.24) is 15.1 Å². The van der Waals surface area contributed by atoms with Crippen LogP contribution in [0.3, 0.4) is 0 Å². The fourth-order valence-electron chi connectivity index (χ4n) is 3.27. The lowest BCUT2D eigenvalue weighted by Gasteiger charge is -2.38. The van der Waals surface area contributed by atoms with Gasteiger partial charge in [-0.2, -0.15) is 13.2 Å². The maximum atomic E-state index is 12.8.